The highest BCUT2D eigenvalue weighted by molar-refractivity contribution is 6.20. The van der Waals surface area contributed by atoms with Crippen molar-refractivity contribution in [3.8, 4) is 56.4 Å². The number of aromatic nitrogens is 4. The molecule has 0 aliphatic carbocycles. The molecule has 0 N–H and O–H groups in total. The molecule has 15 rings (SSSR count). The molecule has 10 aromatic carbocycles. The number of para-hydroxylation sites is 3. The Morgan fingerprint density at radius 3 is 1.51 bits per heavy atom. The fourth-order valence-corrected chi connectivity index (χ4v) is 10.8. The van der Waals surface area contributed by atoms with Gasteiger partial charge >= 0.3 is 0 Å². The van der Waals surface area contributed by atoms with E-state index in [4.69, 9.17) is 18.8 Å². The van der Waals surface area contributed by atoms with Crippen LogP contribution in [0.2, 0.25) is 0 Å². The van der Waals surface area contributed by atoms with Crippen molar-refractivity contribution in [3.63, 3.8) is 0 Å². The van der Waals surface area contributed by atoms with E-state index in [1.54, 1.807) is 0 Å². The molecular formula is C64H38N4O2. The molecule has 0 radical (unpaired) electrons. The maximum atomic E-state index is 6.65. The topological polar surface area (TPSA) is 61.9 Å². The first kappa shape index (κ1) is 38.6. The molecule has 0 bridgehead atoms. The Kier molecular flexibility index (Phi) is 8.26. The molecule has 0 aliphatic rings. The van der Waals surface area contributed by atoms with E-state index in [9.17, 15) is 0 Å². The molecule has 0 saturated carbocycles. The summed E-state index contributed by atoms with van der Waals surface area (Å²) in [6.07, 6.45) is 0. The maximum Gasteiger partial charge on any atom is 0.160 e. The normalized spacial score (nSPS) is 12.0. The van der Waals surface area contributed by atoms with Crippen molar-refractivity contribution >= 4 is 87.5 Å². The molecule has 6 nitrogen and oxygen atoms in total. The second kappa shape index (κ2) is 15.0. The van der Waals surface area contributed by atoms with Crippen molar-refractivity contribution < 1.29 is 8.83 Å². The standard InChI is InChI=1S/C64H38N4O2/c1-4-15-39(16-5-1)54-36-55(66-64(65-54)40-17-6-2-7-18-40)43-19-14-22-45(31-43)68-57-29-27-41(32-48(57)50-35-52-47-24-11-13-26-60(47)69-62(52)38-59(50)68)42-28-30-61-51(33-42)53-34-49-46-23-10-12-25-56(46)67(44-20-8-3-9-21-44)58(49)37-63(53)70-61/h1-38H. The van der Waals surface area contributed by atoms with Gasteiger partial charge in [0.1, 0.15) is 22.3 Å². The van der Waals surface area contributed by atoms with E-state index in [0.717, 1.165) is 122 Å². The molecule has 0 unspecified atom stereocenters. The number of hydrogen-bond acceptors (Lipinski definition) is 4. The van der Waals surface area contributed by atoms with Crippen molar-refractivity contribution in [3.05, 3.63) is 231 Å². The first-order valence-corrected chi connectivity index (χ1v) is 23.6. The van der Waals surface area contributed by atoms with Crippen molar-refractivity contribution in [1.82, 2.24) is 19.1 Å². The third-order valence-corrected chi connectivity index (χ3v) is 14.1. The molecule has 5 aromatic heterocycles. The van der Waals surface area contributed by atoms with Gasteiger partial charge in [-0.1, -0.05) is 140 Å². The minimum Gasteiger partial charge on any atom is -0.456 e. The molecule has 6 heteroatoms. The van der Waals surface area contributed by atoms with E-state index in [1.165, 1.54) is 16.3 Å². The number of nitrogens with zero attached hydrogens (tertiary/aromatic N) is 4. The van der Waals surface area contributed by atoms with E-state index >= 15 is 0 Å². The predicted octanol–water partition coefficient (Wildman–Crippen LogP) is 17.1. The molecule has 0 spiro atoms. The summed E-state index contributed by atoms with van der Waals surface area (Å²) >= 11 is 0. The van der Waals surface area contributed by atoms with Crippen LogP contribution in [0.4, 0.5) is 0 Å². The summed E-state index contributed by atoms with van der Waals surface area (Å²) in [7, 11) is 0. The van der Waals surface area contributed by atoms with Gasteiger partial charge in [-0.2, -0.15) is 0 Å². The van der Waals surface area contributed by atoms with Crippen molar-refractivity contribution in [2.24, 2.45) is 0 Å². The van der Waals surface area contributed by atoms with Gasteiger partial charge < -0.3 is 18.0 Å². The van der Waals surface area contributed by atoms with Crippen LogP contribution in [0.25, 0.3) is 144 Å². The number of hydrogen-bond donors (Lipinski definition) is 0. The number of furan rings is 2. The lowest BCUT2D eigenvalue weighted by Crippen LogP contribution is -1.97. The van der Waals surface area contributed by atoms with Crippen molar-refractivity contribution in [2.45, 2.75) is 0 Å². The predicted molar refractivity (Wildman–Crippen MR) is 287 cm³/mol. The fourth-order valence-electron chi connectivity index (χ4n) is 10.8. The zero-order valence-corrected chi connectivity index (χ0v) is 37.5. The van der Waals surface area contributed by atoms with Crippen LogP contribution >= 0.6 is 0 Å². The van der Waals surface area contributed by atoms with Crippen LogP contribution in [0, 0.1) is 0 Å². The van der Waals surface area contributed by atoms with Crippen LogP contribution in [0.15, 0.2) is 239 Å². The minimum atomic E-state index is 0.685. The van der Waals surface area contributed by atoms with E-state index in [0.29, 0.717) is 5.82 Å². The summed E-state index contributed by atoms with van der Waals surface area (Å²) < 4.78 is 17.9. The molecule has 326 valence electrons. The minimum absolute atomic E-state index is 0.685. The largest absolute Gasteiger partial charge is 0.456 e. The van der Waals surface area contributed by atoms with E-state index in [-0.39, 0.29) is 0 Å². The Morgan fingerprint density at radius 1 is 0.257 bits per heavy atom. The highest BCUT2D eigenvalue weighted by Gasteiger charge is 2.21. The van der Waals surface area contributed by atoms with Gasteiger partial charge in [0.05, 0.1) is 33.5 Å². The van der Waals surface area contributed by atoms with Crippen LogP contribution in [0.1, 0.15) is 0 Å². The van der Waals surface area contributed by atoms with Gasteiger partial charge in [-0.25, -0.2) is 9.97 Å². The molecule has 0 saturated heterocycles. The molecule has 0 fully saturated rings. The molecular weight excluding hydrogens is 857 g/mol. The summed E-state index contributed by atoms with van der Waals surface area (Å²) in [5.41, 5.74) is 17.0. The molecule has 0 amide bonds. The van der Waals surface area contributed by atoms with Gasteiger partial charge in [-0.15, -0.1) is 0 Å². The number of rotatable bonds is 6. The second-order valence-corrected chi connectivity index (χ2v) is 18.1. The van der Waals surface area contributed by atoms with E-state index < -0.39 is 0 Å². The van der Waals surface area contributed by atoms with Gasteiger partial charge in [0.2, 0.25) is 0 Å². The maximum absolute atomic E-state index is 6.65. The summed E-state index contributed by atoms with van der Waals surface area (Å²) in [5.74, 6) is 0.685. The summed E-state index contributed by atoms with van der Waals surface area (Å²) in [6, 6.07) is 81.4. The quantitative estimate of drug-likeness (QED) is 0.167. The van der Waals surface area contributed by atoms with Crippen LogP contribution in [0.3, 0.4) is 0 Å². The van der Waals surface area contributed by atoms with E-state index in [1.807, 2.05) is 48.5 Å². The Hall–Kier alpha value is -9.52. The van der Waals surface area contributed by atoms with E-state index in [2.05, 4.69) is 191 Å². The fraction of sp³-hybridized carbons (Fsp3) is 0. The first-order valence-electron chi connectivity index (χ1n) is 23.6. The van der Waals surface area contributed by atoms with Crippen molar-refractivity contribution in [2.75, 3.05) is 0 Å². The smallest absolute Gasteiger partial charge is 0.160 e. The number of benzene rings is 10. The van der Waals surface area contributed by atoms with Crippen LogP contribution in [0.5, 0.6) is 0 Å². The highest BCUT2D eigenvalue weighted by atomic mass is 16.3. The van der Waals surface area contributed by atoms with Gasteiger partial charge in [-0.3, -0.25) is 0 Å². The Balaban J connectivity index is 0.913. The molecule has 0 atom stereocenters. The Morgan fingerprint density at radius 2 is 0.757 bits per heavy atom. The molecule has 70 heavy (non-hydrogen) atoms. The van der Waals surface area contributed by atoms with Gasteiger partial charge in [0, 0.05) is 83.3 Å². The Labute approximate surface area is 400 Å². The van der Waals surface area contributed by atoms with Crippen LogP contribution in [-0.2, 0) is 0 Å². The molecule has 15 aromatic rings. The highest BCUT2D eigenvalue weighted by Crippen LogP contribution is 2.43. The summed E-state index contributed by atoms with van der Waals surface area (Å²) in [5, 5.41) is 9.09. The zero-order chi connectivity index (χ0) is 45.9. The second-order valence-electron chi connectivity index (χ2n) is 18.1. The zero-order valence-electron chi connectivity index (χ0n) is 37.5. The summed E-state index contributed by atoms with van der Waals surface area (Å²) in [4.78, 5) is 10.3. The van der Waals surface area contributed by atoms with Gasteiger partial charge in [0.15, 0.2) is 5.82 Å². The lowest BCUT2D eigenvalue weighted by Gasteiger charge is -2.12. The van der Waals surface area contributed by atoms with Crippen molar-refractivity contribution in [1.29, 1.82) is 0 Å². The summed E-state index contributed by atoms with van der Waals surface area (Å²) in [6.45, 7) is 0. The molecule has 5 heterocycles. The lowest BCUT2D eigenvalue weighted by molar-refractivity contribution is 0.669. The van der Waals surface area contributed by atoms with Crippen LogP contribution < -0.4 is 0 Å². The molecule has 0 aliphatic heterocycles. The monoisotopic (exact) mass is 894 g/mol. The average Bonchev–Trinajstić information content (AvgIpc) is 4.17. The van der Waals surface area contributed by atoms with Gasteiger partial charge in [-0.05, 0) is 90.0 Å². The third kappa shape index (κ3) is 5.93. The average molecular weight is 895 g/mol. The Bertz CT molecular complexity index is 4520. The lowest BCUT2D eigenvalue weighted by atomic mass is 10.00. The third-order valence-electron chi connectivity index (χ3n) is 14.1. The SMILES string of the molecule is c1ccc(-c2cc(-c3cccc(-n4c5ccc(-c6ccc7oc8cc9c(cc8c7c6)c6ccccc6n9-c6ccccc6)cc5c5cc6c(cc54)oc4ccccc46)c3)nc(-c3ccccc3)n2)cc1. The van der Waals surface area contributed by atoms with Gasteiger partial charge in [0.25, 0.3) is 0 Å². The number of fused-ring (bicyclic) bond motifs is 12. The van der Waals surface area contributed by atoms with Crippen LogP contribution in [-0.4, -0.2) is 19.1 Å². The first-order chi connectivity index (χ1) is 34.7.